The van der Waals surface area contributed by atoms with Crippen molar-refractivity contribution < 1.29 is 18.0 Å². The molecule has 0 saturated carbocycles. The highest BCUT2D eigenvalue weighted by Gasteiger charge is 2.32. The van der Waals surface area contributed by atoms with Crippen LogP contribution in [0.5, 0.6) is 0 Å². The molecule has 1 saturated heterocycles. The number of carbonyl (C=O) groups is 1. The van der Waals surface area contributed by atoms with Crippen LogP contribution < -0.4 is 0 Å². The third kappa shape index (κ3) is 4.32. The van der Waals surface area contributed by atoms with Gasteiger partial charge in [-0.05, 0) is 42.7 Å². The molecule has 1 amide bonds. The van der Waals surface area contributed by atoms with Crippen LogP contribution in [0.2, 0.25) is 0 Å². The van der Waals surface area contributed by atoms with Gasteiger partial charge in [0.15, 0.2) is 0 Å². The smallest absolute Gasteiger partial charge is 0.329 e. The summed E-state index contributed by atoms with van der Waals surface area (Å²) in [5.41, 5.74) is 1.88. The van der Waals surface area contributed by atoms with Gasteiger partial charge >= 0.3 is 6.18 Å². The maximum atomic E-state index is 12.8. The van der Waals surface area contributed by atoms with Crippen LogP contribution in [0.4, 0.5) is 13.2 Å². The van der Waals surface area contributed by atoms with Gasteiger partial charge in [-0.1, -0.05) is 18.2 Å². The third-order valence-corrected chi connectivity index (χ3v) is 5.13. The lowest BCUT2D eigenvalue weighted by Gasteiger charge is -2.24. The fourth-order valence-corrected chi connectivity index (χ4v) is 3.68. The molecule has 1 aliphatic heterocycles. The van der Waals surface area contributed by atoms with Crippen molar-refractivity contribution >= 4 is 5.91 Å². The van der Waals surface area contributed by atoms with E-state index in [0.717, 1.165) is 41.9 Å². The van der Waals surface area contributed by atoms with Gasteiger partial charge in [0.05, 0.1) is 23.5 Å². The number of hydrogen-bond acceptors (Lipinski definition) is 4. The lowest BCUT2D eigenvalue weighted by molar-refractivity contribution is -0.137. The summed E-state index contributed by atoms with van der Waals surface area (Å²) >= 11 is 0. The van der Waals surface area contributed by atoms with Crippen LogP contribution in [0.1, 0.15) is 51.9 Å². The van der Waals surface area contributed by atoms with Crippen LogP contribution >= 0.6 is 0 Å². The Morgan fingerprint density at radius 3 is 2.60 bits per heavy atom. The molecule has 5 nitrogen and oxygen atoms in total. The monoisotopic (exact) mass is 412 g/mol. The summed E-state index contributed by atoms with van der Waals surface area (Å²) in [6, 6.07) is 10.5. The molecule has 0 bridgehead atoms. The molecule has 0 N–H and O–H groups in total. The topological polar surface area (TPSA) is 59.0 Å². The molecule has 0 unspecified atom stereocenters. The van der Waals surface area contributed by atoms with Crippen LogP contribution in [0, 0.1) is 0 Å². The zero-order valence-electron chi connectivity index (χ0n) is 16.0. The number of halogens is 3. The number of alkyl halides is 3. The molecular formula is C22H19F3N4O. The number of rotatable bonds is 4. The molecule has 4 rings (SSSR count). The minimum Gasteiger partial charge on any atom is -0.329 e. The predicted octanol–water partition coefficient (Wildman–Crippen LogP) is 4.46. The van der Waals surface area contributed by atoms with Gasteiger partial charge in [-0.15, -0.1) is 0 Å². The first kappa shape index (κ1) is 20.0. The molecule has 1 fully saturated rings. The molecular weight excluding hydrogens is 393 g/mol. The Morgan fingerprint density at radius 2 is 1.90 bits per heavy atom. The number of likely N-dealkylation sites (tertiary alicyclic amines) is 1. The second kappa shape index (κ2) is 8.22. The van der Waals surface area contributed by atoms with E-state index in [-0.39, 0.29) is 11.9 Å². The Morgan fingerprint density at radius 1 is 1.10 bits per heavy atom. The first-order valence-corrected chi connectivity index (χ1v) is 9.61. The van der Waals surface area contributed by atoms with Gasteiger partial charge in [0.25, 0.3) is 5.91 Å². The van der Waals surface area contributed by atoms with Crippen molar-refractivity contribution in [3.63, 3.8) is 0 Å². The van der Waals surface area contributed by atoms with Crippen molar-refractivity contribution in [3.05, 3.63) is 89.3 Å². The van der Waals surface area contributed by atoms with Crippen molar-refractivity contribution in [2.45, 2.75) is 31.5 Å². The first-order chi connectivity index (χ1) is 14.4. The fraction of sp³-hybridized carbons (Fsp3) is 0.273. The second-order valence-electron chi connectivity index (χ2n) is 7.17. The molecule has 3 heterocycles. The molecule has 1 aliphatic rings. The van der Waals surface area contributed by atoms with Gasteiger partial charge in [-0.2, -0.15) is 13.2 Å². The number of benzene rings is 1. The molecule has 1 aromatic carbocycles. The average molecular weight is 412 g/mol. The van der Waals surface area contributed by atoms with Gasteiger partial charge in [-0.3, -0.25) is 14.8 Å². The highest BCUT2D eigenvalue weighted by molar-refractivity contribution is 5.92. The lowest BCUT2D eigenvalue weighted by Crippen LogP contribution is -2.31. The number of carbonyl (C=O) groups excluding carboxylic acids is 1. The SMILES string of the molecule is O=C(c1cnccn1)N1CCC[C@H]1c1cccc(Cc2ccc(C(F)(F)F)cc2)n1. The van der Waals surface area contributed by atoms with E-state index in [0.29, 0.717) is 18.7 Å². The van der Waals surface area contributed by atoms with Crippen molar-refractivity contribution in [2.75, 3.05) is 6.54 Å². The van der Waals surface area contributed by atoms with E-state index >= 15 is 0 Å². The van der Waals surface area contributed by atoms with E-state index in [1.165, 1.54) is 30.7 Å². The van der Waals surface area contributed by atoms with Gasteiger partial charge in [0, 0.05) is 31.1 Å². The Labute approximate surface area is 171 Å². The van der Waals surface area contributed by atoms with Gasteiger partial charge in [0.2, 0.25) is 0 Å². The maximum Gasteiger partial charge on any atom is 0.416 e. The maximum absolute atomic E-state index is 12.8. The number of aromatic nitrogens is 3. The zero-order chi connectivity index (χ0) is 21.1. The van der Waals surface area contributed by atoms with Crippen LogP contribution in [-0.4, -0.2) is 32.3 Å². The molecule has 0 aliphatic carbocycles. The largest absolute Gasteiger partial charge is 0.416 e. The molecule has 0 spiro atoms. The summed E-state index contributed by atoms with van der Waals surface area (Å²) in [5, 5.41) is 0. The fourth-order valence-electron chi connectivity index (χ4n) is 3.68. The van der Waals surface area contributed by atoms with Crippen LogP contribution in [-0.2, 0) is 12.6 Å². The molecule has 0 radical (unpaired) electrons. The van der Waals surface area contributed by atoms with E-state index in [9.17, 15) is 18.0 Å². The highest BCUT2D eigenvalue weighted by Crippen LogP contribution is 2.32. The summed E-state index contributed by atoms with van der Waals surface area (Å²) in [4.78, 5) is 27.3. The van der Waals surface area contributed by atoms with E-state index in [1.807, 2.05) is 18.2 Å². The summed E-state index contributed by atoms with van der Waals surface area (Å²) in [7, 11) is 0. The standard InChI is InChI=1S/C22H19F3N4O/c23-22(24,25)16-8-6-15(7-9-16)13-17-3-1-4-18(28-17)20-5-2-12-29(20)21(30)19-14-26-10-11-27-19/h1,3-4,6-11,14,20H,2,5,12-13H2/t20-/m0/s1. The first-order valence-electron chi connectivity index (χ1n) is 9.61. The summed E-state index contributed by atoms with van der Waals surface area (Å²) in [5.74, 6) is -0.180. The van der Waals surface area contributed by atoms with Crippen LogP contribution in [0.15, 0.2) is 61.1 Å². The van der Waals surface area contributed by atoms with Crippen molar-refractivity contribution in [1.29, 1.82) is 0 Å². The summed E-state index contributed by atoms with van der Waals surface area (Å²) in [6.07, 6.45) is 2.18. The lowest BCUT2D eigenvalue weighted by atomic mass is 10.1. The van der Waals surface area contributed by atoms with E-state index in [2.05, 4.69) is 9.97 Å². The minimum atomic E-state index is -4.35. The van der Waals surface area contributed by atoms with E-state index < -0.39 is 11.7 Å². The Bertz CT molecular complexity index is 1020. The van der Waals surface area contributed by atoms with Crippen molar-refractivity contribution in [3.8, 4) is 0 Å². The molecule has 30 heavy (non-hydrogen) atoms. The highest BCUT2D eigenvalue weighted by atomic mass is 19.4. The van der Waals surface area contributed by atoms with Crippen molar-refractivity contribution in [1.82, 2.24) is 19.9 Å². The molecule has 8 heteroatoms. The number of nitrogens with zero attached hydrogens (tertiary/aromatic N) is 4. The summed E-state index contributed by atoms with van der Waals surface area (Å²) < 4.78 is 38.2. The minimum absolute atomic E-state index is 0.160. The van der Waals surface area contributed by atoms with E-state index in [1.54, 1.807) is 4.90 Å². The number of pyridine rings is 1. The summed E-state index contributed by atoms with van der Waals surface area (Å²) in [6.45, 7) is 0.616. The van der Waals surface area contributed by atoms with Gasteiger partial charge in [0.1, 0.15) is 5.69 Å². The molecule has 3 aromatic rings. The predicted molar refractivity (Wildman–Crippen MR) is 104 cm³/mol. The molecule has 1 atom stereocenters. The molecule has 154 valence electrons. The third-order valence-electron chi connectivity index (χ3n) is 5.13. The van der Waals surface area contributed by atoms with Gasteiger partial charge in [-0.25, -0.2) is 4.98 Å². The Kier molecular flexibility index (Phi) is 5.48. The number of amides is 1. The van der Waals surface area contributed by atoms with E-state index in [4.69, 9.17) is 4.98 Å². The van der Waals surface area contributed by atoms with Crippen molar-refractivity contribution in [2.24, 2.45) is 0 Å². The van der Waals surface area contributed by atoms with Crippen LogP contribution in [0.3, 0.4) is 0 Å². The normalized spacial score (nSPS) is 16.6. The number of hydrogen-bond donors (Lipinski definition) is 0. The Hall–Kier alpha value is -3.29. The second-order valence-corrected chi connectivity index (χ2v) is 7.17. The average Bonchev–Trinajstić information content (AvgIpc) is 3.24. The zero-order valence-corrected chi connectivity index (χ0v) is 16.0. The quantitative estimate of drug-likeness (QED) is 0.635. The Balaban J connectivity index is 1.52. The van der Waals surface area contributed by atoms with Crippen LogP contribution in [0.25, 0.3) is 0 Å². The van der Waals surface area contributed by atoms with Gasteiger partial charge < -0.3 is 4.90 Å². The molecule has 2 aromatic heterocycles.